The maximum Gasteiger partial charge on any atom is 0.328 e. The van der Waals surface area contributed by atoms with Crippen LogP contribution in [0.4, 0.5) is 5.69 Å². The van der Waals surface area contributed by atoms with E-state index in [-0.39, 0.29) is 17.7 Å². The number of rotatable bonds is 6. The SMILES string of the molecule is COC(=O)C(Cc1c[nH]c2ccccc12)NC(=O)c1cccc([N+](=O)[O-])c1. The summed E-state index contributed by atoms with van der Waals surface area (Å²) in [5.41, 5.74) is 1.66. The first-order valence-corrected chi connectivity index (χ1v) is 8.17. The molecule has 8 heteroatoms. The topological polar surface area (TPSA) is 114 Å². The number of non-ortho nitro benzene ring substituents is 1. The van der Waals surface area contributed by atoms with Crippen molar-refractivity contribution in [2.75, 3.05) is 7.11 Å². The third-order valence-electron chi connectivity index (χ3n) is 4.21. The van der Waals surface area contributed by atoms with Crippen LogP contribution in [0.5, 0.6) is 0 Å². The van der Waals surface area contributed by atoms with Gasteiger partial charge in [0.2, 0.25) is 0 Å². The van der Waals surface area contributed by atoms with Crippen LogP contribution in [0.2, 0.25) is 0 Å². The first kappa shape index (κ1) is 18.1. The number of fused-ring (bicyclic) bond motifs is 1. The van der Waals surface area contributed by atoms with Crippen molar-refractivity contribution in [2.45, 2.75) is 12.5 Å². The fourth-order valence-corrected chi connectivity index (χ4v) is 2.86. The molecule has 1 amide bonds. The molecule has 0 saturated heterocycles. The van der Waals surface area contributed by atoms with E-state index >= 15 is 0 Å². The summed E-state index contributed by atoms with van der Waals surface area (Å²) in [6, 6.07) is 12.0. The maximum atomic E-state index is 12.5. The van der Waals surface area contributed by atoms with Crippen molar-refractivity contribution in [3.05, 3.63) is 76.0 Å². The summed E-state index contributed by atoms with van der Waals surface area (Å²) in [5, 5.41) is 14.4. The van der Waals surface area contributed by atoms with Crippen LogP contribution in [0.15, 0.2) is 54.7 Å². The Kier molecular flexibility index (Phi) is 5.16. The zero-order valence-electron chi connectivity index (χ0n) is 14.5. The minimum atomic E-state index is -0.930. The summed E-state index contributed by atoms with van der Waals surface area (Å²) in [4.78, 5) is 38.1. The zero-order chi connectivity index (χ0) is 19.4. The number of hydrogen-bond donors (Lipinski definition) is 2. The van der Waals surface area contributed by atoms with E-state index in [9.17, 15) is 19.7 Å². The fraction of sp³-hybridized carbons (Fsp3) is 0.158. The van der Waals surface area contributed by atoms with Gasteiger partial charge in [-0.3, -0.25) is 14.9 Å². The number of H-pyrrole nitrogens is 1. The minimum Gasteiger partial charge on any atom is -0.467 e. The van der Waals surface area contributed by atoms with Gasteiger partial charge in [-0.2, -0.15) is 0 Å². The van der Waals surface area contributed by atoms with Crippen LogP contribution in [0.1, 0.15) is 15.9 Å². The largest absolute Gasteiger partial charge is 0.467 e. The van der Waals surface area contributed by atoms with Crippen LogP contribution >= 0.6 is 0 Å². The highest BCUT2D eigenvalue weighted by molar-refractivity contribution is 5.97. The molecule has 0 bridgehead atoms. The number of aromatic amines is 1. The van der Waals surface area contributed by atoms with Crippen molar-refractivity contribution in [3.63, 3.8) is 0 Å². The number of hydrogen-bond acceptors (Lipinski definition) is 5. The van der Waals surface area contributed by atoms with Gasteiger partial charge in [0.15, 0.2) is 0 Å². The van der Waals surface area contributed by atoms with Crippen molar-refractivity contribution in [1.82, 2.24) is 10.3 Å². The number of benzene rings is 2. The van der Waals surface area contributed by atoms with Crippen LogP contribution in [0, 0.1) is 10.1 Å². The highest BCUT2D eigenvalue weighted by Crippen LogP contribution is 2.20. The van der Waals surface area contributed by atoms with E-state index in [1.165, 1.54) is 25.3 Å². The molecule has 27 heavy (non-hydrogen) atoms. The van der Waals surface area contributed by atoms with Crippen molar-refractivity contribution >= 4 is 28.5 Å². The number of carbonyl (C=O) groups excluding carboxylic acids is 2. The van der Waals surface area contributed by atoms with E-state index in [1.807, 2.05) is 24.3 Å². The van der Waals surface area contributed by atoms with Crippen LogP contribution in [-0.4, -0.2) is 34.9 Å². The standard InChI is InChI=1S/C19H17N3O5/c1-27-19(24)17(10-13-11-20-16-8-3-2-7-15(13)16)21-18(23)12-5-4-6-14(9-12)22(25)26/h2-9,11,17,20H,10H2,1H3,(H,21,23). The number of nitro groups is 1. The zero-order valence-corrected chi connectivity index (χ0v) is 14.5. The summed E-state index contributed by atoms with van der Waals surface area (Å²) in [6.07, 6.45) is 2.00. The Hall–Kier alpha value is -3.68. The van der Waals surface area contributed by atoms with Gasteiger partial charge in [-0.25, -0.2) is 4.79 Å². The van der Waals surface area contributed by atoms with Crippen molar-refractivity contribution in [2.24, 2.45) is 0 Å². The number of nitrogens with zero attached hydrogens (tertiary/aromatic N) is 1. The van der Waals surface area contributed by atoms with E-state index in [4.69, 9.17) is 4.74 Å². The number of nitrogens with one attached hydrogen (secondary N) is 2. The van der Waals surface area contributed by atoms with Crippen LogP contribution < -0.4 is 5.32 Å². The molecular weight excluding hydrogens is 350 g/mol. The van der Waals surface area contributed by atoms with Gasteiger partial charge >= 0.3 is 5.97 Å². The molecule has 1 aromatic heterocycles. The van der Waals surface area contributed by atoms with Crippen LogP contribution in [0.3, 0.4) is 0 Å². The molecule has 0 aliphatic rings. The Bertz CT molecular complexity index is 1010. The van der Waals surface area contributed by atoms with E-state index in [0.717, 1.165) is 22.5 Å². The number of aromatic nitrogens is 1. The molecule has 8 nitrogen and oxygen atoms in total. The van der Waals surface area contributed by atoms with Crippen molar-refractivity contribution in [3.8, 4) is 0 Å². The second kappa shape index (κ2) is 7.69. The van der Waals surface area contributed by atoms with Crippen molar-refractivity contribution < 1.29 is 19.2 Å². The van der Waals surface area contributed by atoms with E-state index in [2.05, 4.69) is 10.3 Å². The van der Waals surface area contributed by atoms with Crippen LogP contribution in [-0.2, 0) is 16.0 Å². The molecule has 138 valence electrons. The Labute approximate surface area is 154 Å². The number of para-hydroxylation sites is 1. The molecule has 2 aromatic carbocycles. The van der Waals surface area contributed by atoms with Gasteiger partial charge in [0.1, 0.15) is 6.04 Å². The van der Waals surface area contributed by atoms with Gasteiger partial charge in [0, 0.05) is 41.2 Å². The van der Waals surface area contributed by atoms with Gasteiger partial charge in [0.25, 0.3) is 11.6 Å². The summed E-state index contributed by atoms with van der Waals surface area (Å²) in [7, 11) is 1.24. The molecule has 0 aliphatic carbocycles. The smallest absolute Gasteiger partial charge is 0.328 e. The lowest BCUT2D eigenvalue weighted by Gasteiger charge is -2.16. The van der Waals surface area contributed by atoms with Gasteiger partial charge in [-0.1, -0.05) is 24.3 Å². The third-order valence-corrected chi connectivity index (χ3v) is 4.21. The highest BCUT2D eigenvalue weighted by Gasteiger charge is 2.24. The molecule has 2 N–H and O–H groups in total. The number of nitro benzene ring substituents is 1. The quantitative estimate of drug-likeness (QED) is 0.395. The monoisotopic (exact) mass is 367 g/mol. The van der Waals surface area contributed by atoms with Gasteiger partial charge in [-0.15, -0.1) is 0 Å². The summed E-state index contributed by atoms with van der Waals surface area (Å²) in [5.74, 6) is -1.19. The minimum absolute atomic E-state index is 0.0945. The average molecular weight is 367 g/mol. The molecule has 1 heterocycles. The molecule has 0 radical (unpaired) electrons. The lowest BCUT2D eigenvalue weighted by molar-refractivity contribution is -0.384. The first-order valence-electron chi connectivity index (χ1n) is 8.17. The molecule has 1 atom stereocenters. The predicted octanol–water partition coefficient (Wildman–Crippen LogP) is 2.59. The normalized spacial score (nSPS) is 11.7. The second-order valence-corrected chi connectivity index (χ2v) is 5.92. The maximum absolute atomic E-state index is 12.5. The number of carbonyl (C=O) groups is 2. The summed E-state index contributed by atoms with van der Waals surface area (Å²) in [6.45, 7) is 0. The fourth-order valence-electron chi connectivity index (χ4n) is 2.86. The number of esters is 1. The van der Waals surface area contributed by atoms with Gasteiger partial charge < -0.3 is 15.0 Å². The molecule has 3 rings (SSSR count). The lowest BCUT2D eigenvalue weighted by atomic mass is 10.0. The molecule has 1 unspecified atom stereocenters. The number of amides is 1. The summed E-state index contributed by atoms with van der Waals surface area (Å²) >= 11 is 0. The second-order valence-electron chi connectivity index (χ2n) is 5.92. The van der Waals surface area contributed by atoms with Gasteiger partial charge in [-0.05, 0) is 17.7 Å². The Morgan fingerprint density at radius 2 is 2.00 bits per heavy atom. The van der Waals surface area contributed by atoms with Gasteiger partial charge in [0.05, 0.1) is 12.0 Å². The van der Waals surface area contributed by atoms with Crippen LogP contribution in [0.25, 0.3) is 10.9 Å². The Morgan fingerprint density at radius 1 is 1.22 bits per heavy atom. The Balaban J connectivity index is 1.83. The molecule has 0 fully saturated rings. The predicted molar refractivity (Wildman–Crippen MR) is 98.4 cm³/mol. The highest BCUT2D eigenvalue weighted by atomic mass is 16.6. The molecule has 0 saturated carbocycles. The molecular formula is C19H17N3O5. The van der Waals surface area contributed by atoms with Crippen molar-refractivity contribution in [1.29, 1.82) is 0 Å². The summed E-state index contributed by atoms with van der Waals surface area (Å²) < 4.78 is 4.80. The van der Waals surface area contributed by atoms with E-state index in [0.29, 0.717) is 0 Å². The molecule has 0 spiro atoms. The number of methoxy groups -OCH3 is 1. The first-order chi connectivity index (χ1) is 13.0. The lowest BCUT2D eigenvalue weighted by Crippen LogP contribution is -2.43. The molecule has 3 aromatic rings. The molecule has 0 aliphatic heterocycles. The van der Waals surface area contributed by atoms with E-state index < -0.39 is 22.8 Å². The van der Waals surface area contributed by atoms with E-state index in [1.54, 1.807) is 6.20 Å². The Morgan fingerprint density at radius 3 is 2.74 bits per heavy atom. The third kappa shape index (κ3) is 3.95. The average Bonchev–Trinajstić information content (AvgIpc) is 3.09. The number of ether oxygens (including phenoxy) is 1.